The first-order valence-electron chi connectivity index (χ1n) is 7.89. The molecule has 3 rings (SSSR count). The molecule has 23 heavy (non-hydrogen) atoms. The molecule has 2 atom stereocenters. The highest BCUT2D eigenvalue weighted by Gasteiger charge is 2.56. The van der Waals surface area contributed by atoms with Crippen LogP contribution in [0.4, 0.5) is 0 Å². The van der Waals surface area contributed by atoms with Gasteiger partial charge in [-0.15, -0.1) is 0 Å². The SMILES string of the molecule is Cn1cc(CN2CCC(NC(=O)C3(C(N)=O)CC3)C(O)C2)cn1. The number of aryl methyl sites for hydroxylation is 1. The van der Waals surface area contributed by atoms with Crippen molar-refractivity contribution in [3.63, 3.8) is 0 Å². The van der Waals surface area contributed by atoms with E-state index in [0.717, 1.165) is 18.7 Å². The topological polar surface area (TPSA) is 113 Å². The van der Waals surface area contributed by atoms with E-state index in [1.54, 1.807) is 4.68 Å². The minimum Gasteiger partial charge on any atom is -0.390 e. The second kappa shape index (κ2) is 5.93. The lowest BCUT2D eigenvalue weighted by Crippen LogP contribution is -2.56. The molecule has 1 saturated heterocycles. The van der Waals surface area contributed by atoms with E-state index in [1.807, 2.05) is 19.4 Å². The molecule has 8 nitrogen and oxygen atoms in total. The first-order valence-corrected chi connectivity index (χ1v) is 7.89. The Bertz CT molecular complexity index is 610. The molecule has 1 aliphatic heterocycles. The number of likely N-dealkylation sites (tertiary alicyclic amines) is 1. The number of piperidine rings is 1. The predicted molar refractivity (Wildman–Crippen MR) is 81.9 cm³/mol. The van der Waals surface area contributed by atoms with Crippen LogP contribution >= 0.6 is 0 Å². The van der Waals surface area contributed by atoms with Gasteiger partial charge in [-0.3, -0.25) is 19.2 Å². The Hall–Kier alpha value is -1.93. The van der Waals surface area contributed by atoms with Gasteiger partial charge in [-0.1, -0.05) is 0 Å². The number of hydrogen-bond donors (Lipinski definition) is 3. The van der Waals surface area contributed by atoms with Gasteiger partial charge in [-0.25, -0.2) is 0 Å². The van der Waals surface area contributed by atoms with E-state index < -0.39 is 17.4 Å². The fourth-order valence-corrected chi connectivity index (χ4v) is 3.14. The van der Waals surface area contributed by atoms with Crippen LogP contribution in [-0.2, 0) is 23.2 Å². The first-order chi connectivity index (χ1) is 10.9. The maximum absolute atomic E-state index is 12.2. The van der Waals surface area contributed by atoms with E-state index in [2.05, 4.69) is 15.3 Å². The first kappa shape index (κ1) is 15.9. The Morgan fingerprint density at radius 3 is 2.78 bits per heavy atom. The molecule has 2 heterocycles. The molecule has 4 N–H and O–H groups in total. The van der Waals surface area contributed by atoms with Crippen molar-refractivity contribution < 1.29 is 14.7 Å². The quantitative estimate of drug-likeness (QED) is 0.586. The highest BCUT2D eigenvalue weighted by Crippen LogP contribution is 2.45. The number of β-amino-alcohol motifs (C(OH)–C–C–N with tert-alkyl or cyclic N) is 1. The van der Waals surface area contributed by atoms with Crippen LogP contribution in [0.5, 0.6) is 0 Å². The summed E-state index contributed by atoms with van der Waals surface area (Å²) < 4.78 is 1.75. The summed E-state index contributed by atoms with van der Waals surface area (Å²) in [4.78, 5) is 25.7. The van der Waals surface area contributed by atoms with E-state index in [1.165, 1.54) is 0 Å². The Kier molecular flexibility index (Phi) is 4.11. The third-order valence-electron chi connectivity index (χ3n) is 4.80. The molecule has 2 unspecified atom stereocenters. The zero-order valence-corrected chi connectivity index (χ0v) is 13.2. The molecule has 1 aromatic heterocycles. The van der Waals surface area contributed by atoms with Crippen LogP contribution in [0.2, 0.25) is 0 Å². The fraction of sp³-hybridized carbons (Fsp3) is 0.667. The van der Waals surface area contributed by atoms with Crippen LogP contribution in [-0.4, -0.2) is 56.8 Å². The summed E-state index contributed by atoms with van der Waals surface area (Å²) in [5, 5.41) is 17.2. The Labute approximate surface area is 134 Å². The van der Waals surface area contributed by atoms with Gasteiger partial charge in [-0.05, 0) is 19.3 Å². The van der Waals surface area contributed by atoms with E-state index >= 15 is 0 Å². The number of nitrogens with one attached hydrogen (secondary N) is 1. The fourth-order valence-electron chi connectivity index (χ4n) is 3.14. The van der Waals surface area contributed by atoms with Crippen LogP contribution in [0, 0.1) is 5.41 Å². The molecular weight excluding hydrogens is 298 g/mol. The lowest BCUT2D eigenvalue weighted by molar-refractivity contribution is -0.136. The van der Waals surface area contributed by atoms with Gasteiger partial charge in [-0.2, -0.15) is 5.10 Å². The predicted octanol–water partition coefficient (Wildman–Crippen LogP) is -1.26. The van der Waals surface area contributed by atoms with Gasteiger partial charge in [0, 0.05) is 38.4 Å². The normalized spacial score (nSPS) is 26.7. The number of aliphatic hydroxyl groups excluding tert-OH is 1. The summed E-state index contributed by atoms with van der Waals surface area (Å²) in [5.41, 5.74) is 5.36. The lowest BCUT2D eigenvalue weighted by atomic mass is 9.99. The molecule has 0 radical (unpaired) electrons. The Balaban J connectivity index is 1.53. The molecule has 1 aromatic rings. The van der Waals surface area contributed by atoms with Crippen LogP contribution in [0.1, 0.15) is 24.8 Å². The number of carbonyl (C=O) groups is 2. The number of carbonyl (C=O) groups excluding carboxylic acids is 2. The average molecular weight is 321 g/mol. The maximum atomic E-state index is 12.2. The number of rotatable bonds is 5. The molecule has 0 aromatic carbocycles. The van der Waals surface area contributed by atoms with E-state index in [4.69, 9.17) is 5.73 Å². The van der Waals surface area contributed by atoms with Gasteiger partial charge in [0.15, 0.2) is 0 Å². The highest BCUT2D eigenvalue weighted by molar-refractivity contribution is 6.07. The molecule has 0 spiro atoms. The number of nitrogens with two attached hydrogens (primary N) is 1. The van der Waals surface area contributed by atoms with Crippen molar-refractivity contribution in [2.75, 3.05) is 13.1 Å². The zero-order valence-electron chi connectivity index (χ0n) is 13.2. The summed E-state index contributed by atoms with van der Waals surface area (Å²) >= 11 is 0. The van der Waals surface area contributed by atoms with Crippen LogP contribution in [0.25, 0.3) is 0 Å². The molecule has 126 valence electrons. The van der Waals surface area contributed by atoms with E-state index in [-0.39, 0.29) is 11.9 Å². The summed E-state index contributed by atoms with van der Waals surface area (Å²) in [6.45, 7) is 1.96. The monoisotopic (exact) mass is 321 g/mol. The van der Waals surface area contributed by atoms with Gasteiger partial charge in [0.1, 0.15) is 5.41 Å². The molecule has 1 aliphatic carbocycles. The number of aliphatic hydroxyl groups is 1. The summed E-state index contributed by atoms with van der Waals surface area (Å²) in [5.74, 6) is -0.909. The Morgan fingerprint density at radius 1 is 1.52 bits per heavy atom. The van der Waals surface area contributed by atoms with Gasteiger partial charge >= 0.3 is 0 Å². The Morgan fingerprint density at radius 2 is 2.26 bits per heavy atom. The van der Waals surface area contributed by atoms with Crippen molar-refractivity contribution in [1.82, 2.24) is 20.0 Å². The number of primary amides is 1. The van der Waals surface area contributed by atoms with Crippen LogP contribution in [0.3, 0.4) is 0 Å². The average Bonchev–Trinajstić information content (AvgIpc) is 3.21. The third-order valence-corrected chi connectivity index (χ3v) is 4.80. The largest absolute Gasteiger partial charge is 0.390 e. The minimum atomic E-state index is -1.04. The van der Waals surface area contributed by atoms with Gasteiger partial charge in [0.2, 0.25) is 11.8 Å². The molecular formula is C15H23N5O3. The number of hydrogen-bond acceptors (Lipinski definition) is 5. The van der Waals surface area contributed by atoms with E-state index in [0.29, 0.717) is 25.8 Å². The zero-order chi connectivity index (χ0) is 16.6. The second-order valence-corrected chi connectivity index (χ2v) is 6.64. The molecule has 2 fully saturated rings. The van der Waals surface area contributed by atoms with Crippen molar-refractivity contribution in [3.8, 4) is 0 Å². The molecule has 2 aliphatic rings. The molecule has 8 heteroatoms. The standard InChI is InChI=1S/C15H23N5O3/c1-19-7-10(6-17-19)8-20-5-2-11(12(21)9-20)18-14(23)15(3-4-15)13(16)22/h6-7,11-12,21H,2-5,8-9H2,1H3,(H2,16,22)(H,18,23). The third kappa shape index (κ3) is 3.23. The smallest absolute Gasteiger partial charge is 0.235 e. The number of amides is 2. The molecule has 1 saturated carbocycles. The van der Waals surface area contributed by atoms with Crippen LogP contribution in [0.15, 0.2) is 12.4 Å². The van der Waals surface area contributed by atoms with Crippen molar-refractivity contribution in [3.05, 3.63) is 18.0 Å². The van der Waals surface area contributed by atoms with Gasteiger partial charge < -0.3 is 16.2 Å². The lowest BCUT2D eigenvalue weighted by Gasteiger charge is -2.36. The second-order valence-electron chi connectivity index (χ2n) is 6.64. The van der Waals surface area contributed by atoms with Crippen LogP contribution < -0.4 is 11.1 Å². The minimum absolute atomic E-state index is 0.329. The summed E-state index contributed by atoms with van der Waals surface area (Å²) in [7, 11) is 1.87. The summed E-state index contributed by atoms with van der Waals surface area (Å²) in [6.07, 6.45) is 4.75. The molecule has 2 amide bonds. The van der Waals surface area contributed by atoms with Crippen molar-refractivity contribution in [2.24, 2.45) is 18.2 Å². The van der Waals surface area contributed by atoms with Gasteiger partial charge in [0.25, 0.3) is 0 Å². The molecule has 0 bridgehead atoms. The summed E-state index contributed by atoms with van der Waals surface area (Å²) in [6, 6.07) is -0.329. The highest BCUT2D eigenvalue weighted by atomic mass is 16.3. The van der Waals surface area contributed by atoms with E-state index in [9.17, 15) is 14.7 Å². The van der Waals surface area contributed by atoms with Gasteiger partial charge in [0.05, 0.1) is 18.3 Å². The van der Waals surface area contributed by atoms with Crippen molar-refractivity contribution >= 4 is 11.8 Å². The number of aromatic nitrogens is 2. The van der Waals surface area contributed by atoms with Crippen molar-refractivity contribution in [2.45, 2.75) is 38.0 Å². The van der Waals surface area contributed by atoms with Crippen molar-refractivity contribution in [1.29, 1.82) is 0 Å². The maximum Gasteiger partial charge on any atom is 0.235 e. The number of nitrogens with zero attached hydrogens (tertiary/aromatic N) is 3.